The third kappa shape index (κ3) is 3.79. The minimum absolute atomic E-state index is 0.227. The maximum Gasteiger partial charge on any atom is 0.270 e. The second kappa shape index (κ2) is 8.31. The topological polar surface area (TPSA) is 123 Å². The fourth-order valence-electron chi connectivity index (χ4n) is 3.48. The molecule has 9 heteroatoms. The minimum Gasteiger partial charge on any atom is -0.454 e. The summed E-state index contributed by atoms with van der Waals surface area (Å²) in [5.41, 5.74) is 13.5. The normalized spacial score (nSPS) is 11.9. The van der Waals surface area contributed by atoms with Crippen molar-refractivity contribution in [3.63, 3.8) is 0 Å². The number of nitrogen functional groups attached to an aromatic ring is 1. The van der Waals surface area contributed by atoms with Crippen molar-refractivity contribution in [1.82, 2.24) is 15.4 Å². The van der Waals surface area contributed by atoms with Crippen molar-refractivity contribution in [3.05, 3.63) is 78.1 Å². The number of rotatable bonds is 6. The summed E-state index contributed by atoms with van der Waals surface area (Å²) in [5.74, 6) is 1.87. The number of hydrazine groups is 1. The van der Waals surface area contributed by atoms with E-state index in [0.29, 0.717) is 29.5 Å². The Bertz CT molecular complexity index is 1300. The number of carbonyl (C=O) groups excluding carboxylic acids is 1. The predicted octanol–water partition coefficient (Wildman–Crippen LogP) is 3.31. The Labute approximate surface area is 183 Å². The fraction of sp³-hybridized carbons (Fsp3) is 0.0870. The minimum atomic E-state index is -0.297. The van der Waals surface area contributed by atoms with Gasteiger partial charge in [-0.05, 0) is 34.5 Å². The summed E-state index contributed by atoms with van der Waals surface area (Å²) in [4.78, 5) is 21.1. The number of nitrogens with zero attached hydrogens (tertiary/aromatic N) is 2. The zero-order valence-electron chi connectivity index (χ0n) is 17.0. The SMILES string of the molecule is Nc1c(NCc2ccc3c(c2)OCO3)ncnc1NNC(=O)c1cccc2ccccc12. The number of benzene rings is 3. The van der Waals surface area contributed by atoms with Gasteiger partial charge in [0.1, 0.15) is 12.0 Å². The van der Waals surface area contributed by atoms with Gasteiger partial charge in [0.2, 0.25) is 6.79 Å². The van der Waals surface area contributed by atoms with Crippen LogP contribution in [0, 0.1) is 0 Å². The molecule has 0 radical (unpaired) electrons. The molecule has 9 nitrogen and oxygen atoms in total. The first-order valence-electron chi connectivity index (χ1n) is 9.96. The highest BCUT2D eigenvalue weighted by Gasteiger charge is 2.15. The molecule has 1 aromatic heterocycles. The van der Waals surface area contributed by atoms with Gasteiger partial charge in [0, 0.05) is 12.1 Å². The smallest absolute Gasteiger partial charge is 0.270 e. The van der Waals surface area contributed by atoms with Gasteiger partial charge in [0.05, 0.1) is 0 Å². The van der Waals surface area contributed by atoms with E-state index in [0.717, 1.165) is 22.1 Å². The molecule has 32 heavy (non-hydrogen) atoms. The second-order valence-electron chi connectivity index (χ2n) is 7.13. The first kappa shape index (κ1) is 19.4. The van der Waals surface area contributed by atoms with Crippen molar-refractivity contribution in [3.8, 4) is 11.5 Å². The van der Waals surface area contributed by atoms with Crippen molar-refractivity contribution < 1.29 is 14.3 Å². The molecule has 1 aliphatic rings. The molecule has 0 bridgehead atoms. The molecule has 1 amide bonds. The zero-order valence-corrected chi connectivity index (χ0v) is 17.0. The predicted molar refractivity (Wildman–Crippen MR) is 121 cm³/mol. The lowest BCUT2D eigenvalue weighted by atomic mass is 10.0. The molecule has 2 heterocycles. The number of nitrogens with one attached hydrogen (secondary N) is 3. The van der Waals surface area contributed by atoms with E-state index in [2.05, 4.69) is 26.1 Å². The van der Waals surface area contributed by atoms with E-state index in [9.17, 15) is 4.79 Å². The lowest BCUT2D eigenvalue weighted by Crippen LogP contribution is -2.30. The number of carbonyl (C=O) groups is 1. The van der Waals surface area contributed by atoms with Gasteiger partial charge in [0.25, 0.3) is 5.91 Å². The average Bonchev–Trinajstić information content (AvgIpc) is 3.30. The summed E-state index contributed by atoms with van der Waals surface area (Å²) in [7, 11) is 0. The molecule has 0 fully saturated rings. The highest BCUT2D eigenvalue weighted by molar-refractivity contribution is 6.07. The lowest BCUT2D eigenvalue weighted by Gasteiger charge is -2.14. The van der Waals surface area contributed by atoms with E-state index in [1.54, 1.807) is 6.07 Å². The second-order valence-corrected chi connectivity index (χ2v) is 7.13. The van der Waals surface area contributed by atoms with Crippen molar-refractivity contribution in [1.29, 1.82) is 0 Å². The van der Waals surface area contributed by atoms with Crippen molar-refractivity contribution in [2.24, 2.45) is 0 Å². The number of aromatic nitrogens is 2. The molecule has 4 aromatic rings. The molecule has 0 saturated carbocycles. The van der Waals surface area contributed by atoms with Crippen LogP contribution in [0.5, 0.6) is 11.5 Å². The van der Waals surface area contributed by atoms with Crippen molar-refractivity contribution in [2.45, 2.75) is 6.54 Å². The molecule has 3 aromatic carbocycles. The average molecular weight is 428 g/mol. The number of hydrogen-bond acceptors (Lipinski definition) is 8. The van der Waals surface area contributed by atoms with Crippen LogP contribution in [0.1, 0.15) is 15.9 Å². The Hall–Kier alpha value is -4.53. The van der Waals surface area contributed by atoms with Gasteiger partial charge >= 0.3 is 0 Å². The van der Waals surface area contributed by atoms with E-state index in [1.165, 1.54) is 6.33 Å². The van der Waals surface area contributed by atoms with Gasteiger partial charge < -0.3 is 20.5 Å². The van der Waals surface area contributed by atoms with Crippen molar-refractivity contribution in [2.75, 3.05) is 23.3 Å². The summed E-state index contributed by atoms with van der Waals surface area (Å²) < 4.78 is 10.7. The van der Waals surface area contributed by atoms with Gasteiger partial charge in [0.15, 0.2) is 23.1 Å². The Kier molecular flexibility index (Phi) is 5.04. The summed E-state index contributed by atoms with van der Waals surface area (Å²) in [6, 6.07) is 18.9. The molecule has 160 valence electrons. The van der Waals surface area contributed by atoms with E-state index < -0.39 is 0 Å². The molecule has 0 aliphatic carbocycles. The summed E-state index contributed by atoms with van der Waals surface area (Å²) in [5, 5.41) is 5.02. The van der Waals surface area contributed by atoms with Crippen LogP contribution in [-0.4, -0.2) is 22.7 Å². The van der Waals surface area contributed by atoms with Gasteiger partial charge in [-0.2, -0.15) is 0 Å². The van der Waals surface area contributed by atoms with Crippen LogP contribution in [0.4, 0.5) is 17.3 Å². The molecule has 0 atom stereocenters. The largest absolute Gasteiger partial charge is 0.454 e. The number of anilines is 3. The lowest BCUT2D eigenvalue weighted by molar-refractivity contribution is 0.0964. The molecular formula is C23H20N6O3. The Morgan fingerprint density at radius 1 is 0.969 bits per heavy atom. The van der Waals surface area contributed by atoms with E-state index >= 15 is 0 Å². The highest BCUT2D eigenvalue weighted by atomic mass is 16.7. The van der Waals surface area contributed by atoms with Gasteiger partial charge in [-0.3, -0.25) is 15.6 Å². The molecule has 5 rings (SSSR count). The van der Waals surface area contributed by atoms with Gasteiger partial charge in [-0.25, -0.2) is 9.97 Å². The van der Waals surface area contributed by atoms with Gasteiger partial charge in [-0.15, -0.1) is 0 Å². The van der Waals surface area contributed by atoms with Crippen LogP contribution in [0.3, 0.4) is 0 Å². The zero-order chi connectivity index (χ0) is 21.9. The number of amides is 1. The number of nitrogens with two attached hydrogens (primary N) is 1. The summed E-state index contributed by atoms with van der Waals surface area (Å²) in [6.45, 7) is 0.699. The molecule has 0 unspecified atom stereocenters. The summed E-state index contributed by atoms with van der Waals surface area (Å²) >= 11 is 0. The molecule has 1 aliphatic heterocycles. The number of hydrogen-bond donors (Lipinski definition) is 4. The van der Waals surface area contributed by atoms with Crippen LogP contribution in [0.2, 0.25) is 0 Å². The van der Waals surface area contributed by atoms with Gasteiger partial charge in [-0.1, -0.05) is 42.5 Å². The molecule has 5 N–H and O–H groups in total. The Morgan fingerprint density at radius 3 is 2.72 bits per heavy atom. The van der Waals surface area contributed by atoms with E-state index in [1.807, 2.05) is 54.6 Å². The number of ether oxygens (including phenoxy) is 2. The number of fused-ring (bicyclic) bond motifs is 2. The van der Waals surface area contributed by atoms with Crippen LogP contribution in [-0.2, 0) is 6.54 Å². The standard InChI is InChI=1S/C23H20N6O3/c24-20-21(25-11-14-8-9-18-19(10-14)32-13-31-18)26-12-27-22(20)28-29-23(30)17-7-3-5-15-4-1-2-6-16(15)17/h1-10,12H,11,13,24H2,(H,29,30)(H2,25,26,27,28). The molecular weight excluding hydrogens is 408 g/mol. The fourth-order valence-corrected chi connectivity index (χ4v) is 3.48. The van der Waals surface area contributed by atoms with Crippen LogP contribution in [0.15, 0.2) is 67.0 Å². The maximum absolute atomic E-state index is 12.7. The maximum atomic E-state index is 12.7. The third-order valence-electron chi connectivity index (χ3n) is 5.11. The first-order valence-corrected chi connectivity index (χ1v) is 9.96. The summed E-state index contributed by atoms with van der Waals surface area (Å²) in [6.07, 6.45) is 1.37. The molecule has 0 spiro atoms. The van der Waals surface area contributed by atoms with Crippen LogP contribution in [0.25, 0.3) is 10.8 Å². The molecule has 0 saturated heterocycles. The van der Waals surface area contributed by atoms with Crippen LogP contribution < -0.4 is 31.4 Å². The van der Waals surface area contributed by atoms with E-state index in [-0.39, 0.29) is 18.4 Å². The highest BCUT2D eigenvalue weighted by Crippen LogP contribution is 2.33. The Morgan fingerprint density at radius 2 is 1.78 bits per heavy atom. The van der Waals surface area contributed by atoms with Crippen LogP contribution >= 0.6 is 0 Å². The van der Waals surface area contributed by atoms with E-state index in [4.69, 9.17) is 15.2 Å². The monoisotopic (exact) mass is 428 g/mol. The third-order valence-corrected chi connectivity index (χ3v) is 5.11. The first-order chi connectivity index (χ1) is 15.7. The van der Waals surface area contributed by atoms with Crippen molar-refractivity contribution >= 4 is 34.0 Å². The quantitative estimate of drug-likeness (QED) is 0.345. The Balaban J connectivity index is 1.27.